The van der Waals surface area contributed by atoms with E-state index in [9.17, 15) is 4.79 Å². The molecule has 0 N–H and O–H groups in total. The molecular formula is C31H48Cl3N3O. The van der Waals surface area contributed by atoms with E-state index in [2.05, 4.69) is 78.2 Å². The van der Waals surface area contributed by atoms with Crippen LogP contribution < -0.4 is 0 Å². The highest BCUT2D eigenvalue weighted by Crippen LogP contribution is 2.25. The third-order valence-corrected chi connectivity index (χ3v) is 8.16. The first-order valence-electron chi connectivity index (χ1n) is 13.8. The van der Waals surface area contributed by atoms with Gasteiger partial charge in [-0.15, -0.1) is 37.2 Å². The summed E-state index contributed by atoms with van der Waals surface area (Å²) in [7, 11) is 4.28. The number of piperidine rings is 1. The second-order valence-corrected chi connectivity index (χ2v) is 11.1. The van der Waals surface area contributed by atoms with Crippen molar-refractivity contribution in [3.63, 3.8) is 0 Å². The number of ketones is 1. The second-order valence-electron chi connectivity index (χ2n) is 11.1. The van der Waals surface area contributed by atoms with Crippen molar-refractivity contribution >= 4 is 43.0 Å². The Morgan fingerprint density at radius 2 is 1.58 bits per heavy atom. The minimum absolute atomic E-state index is 0. The van der Waals surface area contributed by atoms with Crippen molar-refractivity contribution in [3.05, 3.63) is 70.3 Å². The van der Waals surface area contributed by atoms with Gasteiger partial charge < -0.3 is 9.80 Å². The Morgan fingerprint density at radius 1 is 0.895 bits per heavy atom. The van der Waals surface area contributed by atoms with E-state index in [1.54, 1.807) is 0 Å². The Hall–Kier alpha value is -1.14. The maximum Gasteiger partial charge on any atom is 0.162 e. The molecule has 0 radical (unpaired) electrons. The topological polar surface area (TPSA) is 26.8 Å². The number of halogens is 3. The van der Waals surface area contributed by atoms with E-state index in [1.165, 1.54) is 54.6 Å². The number of hydrogen-bond acceptors (Lipinski definition) is 4. The molecule has 0 amide bonds. The summed E-state index contributed by atoms with van der Waals surface area (Å²) < 4.78 is 0. The zero-order valence-corrected chi connectivity index (χ0v) is 25.9. The number of fused-ring (bicyclic) bond motifs is 1. The fourth-order valence-corrected chi connectivity index (χ4v) is 5.67. The van der Waals surface area contributed by atoms with Gasteiger partial charge in [-0.2, -0.15) is 0 Å². The van der Waals surface area contributed by atoms with E-state index in [1.807, 2.05) is 0 Å². The van der Waals surface area contributed by atoms with Crippen molar-refractivity contribution in [2.75, 3.05) is 53.4 Å². The molecule has 0 aromatic heterocycles. The summed E-state index contributed by atoms with van der Waals surface area (Å²) in [4.78, 5) is 20.4. The number of likely N-dealkylation sites (tertiary alicyclic amines) is 1. The quantitative estimate of drug-likeness (QED) is 0.298. The summed E-state index contributed by atoms with van der Waals surface area (Å²) >= 11 is 0. The Bertz CT molecular complexity index is 977. The van der Waals surface area contributed by atoms with E-state index in [-0.39, 0.29) is 37.2 Å². The van der Waals surface area contributed by atoms with E-state index >= 15 is 0 Å². The molecule has 38 heavy (non-hydrogen) atoms. The van der Waals surface area contributed by atoms with Gasteiger partial charge in [0.2, 0.25) is 0 Å². The molecule has 4 rings (SSSR count). The minimum atomic E-state index is 0. The molecule has 2 aliphatic heterocycles. The van der Waals surface area contributed by atoms with Crippen LogP contribution in [0, 0.1) is 12.8 Å². The second kappa shape index (κ2) is 17.5. The SMILES string of the molecule is Cc1ccccc1CN1CCC(CCCC(=O)c2ccc3c(c2)CCN(CCN(C)C)CC3)CC1.Cl.Cl.Cl. The lowest BCUT2D eigenvalue weighted by Gasteiger charge is -2.32. The summed E-state index contributed by atoms with van der Waals surface area (Å²) in [5.74, 6) is 1.11. The average molecular weight is 585 g/mol. The number of rotatable bonds is 10. The van der Waals surface area contributed by atoms with Gasteiger partial charge in [-0.3, -0.25) is 9.69 Å². The molecule has 2 aliphatic rings. The largest absolute Gasteiger partial charge is 0.308 e. The van der Waals surface area contributed by atoms with Crippen LogP contribution in [0.1, 0.15) is 64.7 Å². The molecule has 2 aromatic rings. The Labute approximate surface area is 249 Å². The number of carbonyl (C=O) groups excluding carboxylic acids is 1. The molecule has 0 aliphatic carbocycles. The highest BCUT2D eigenvalue weighted by atomic mass is 35.5. The van der Waals surface area contributed by atoms with Crippen molar-refractivity contribution in [2.45, 2.75) is 58.4 Å². The monoisotopic (exact) mass is 583 g/mol. The highest BCUT2D eigenvalue weighted by molar-refractivity contribution is 5.96. The third kappa shape index (κ3) is 10.4. The lowest BCUT2D eigenvalue weighted by Crippen LogP contribution is -2.33. The van der Waals surface area contributed by atoms with Crippen LogP contribution in [-0.4, -0.2) is 73.8 Å². The van der Waals surface area contributed by atoms with E-state index < -0.39 is 0 Å². The van der Waals surface area contributed by atoms with Crippen LogP contribution in [0.4, 0.5) is 0 Å². The Balaban J connectivity index is 0.00000241. The molecule has 214 valence electrons. The molecule has 2 heterocycles. The smallest absolute Gasteiger partial charge is 0.162 e. The van der Waals surface area contributed by atoms with Gasteiger partial charge in [0.15, 0.2) is 5.78 Å². The molecule has 4 nitrogen and oxygen atoms in total. The van der Waals surface area contributed by atoms with Crippen LogP contribution in [0.25, 0.3) is 0 Å². The molecule has 0 saturated carbocycles. The number of aryl methyl sites for hydroxylation is 1. The molecule has 1 saturated heterocycles. The van der Waals surface area contributed by atoms with Crippen molar-refractivity contribution in [1.82, 2.24) is 14.7 Å². The third-order valence-electron chi connectivity index (χ3n) is 8.16. The van der Waals surface area contributed by atoms with E-state index in [0.29, 0.717) is 12.2 Å². The predicted molar refractivity (Wildman–Crippen MR) is 168 cm³/mol. The fourth-order valence-electron chi connectivity index (χ4n) is 5.67. The molecule has 2 aromatic carbocycles. The highest BCUT2D eigenvalue weighted by Gasteiger charge is 2.20. The molecule has 0 bridgehead atoms. The summed E-state index contributed by atoms with van der Waals surface area (Å²) in [5, 5.41) is 0. The van der Waals surface area contributed by atoms with Gasteiger partial charge in [-0.1, -0.05) is 36.4 Å². The number of carbonyl (C=O) groups is 1. The van der Waals surface area contributed by atoms with Crippen molar-refractivity contribution in [3.8, 4) is 0 Å². The first-order valence-corrected chi connectivity index (χ1v) is 13.8. The normalized spacial score (nSPS) is 16.5. The zero-order valence-electron chi connectivity index (χ0n) is 23.5. The van der Waals surface area contributed by atoms with Gasteiger partial charge >= 0.3 is 0 Å². The Kier molecular flexibility index (Phi) is 16.1. The number of benzene rings is 2. The van der Waals surface area contributed by atoms with Gasteiger partial charge in [0.1, 0.15) is 0 Å². The maximum atomic E-state index is 13.0. The van der Waals surface area contributed by atoms with Crippen LogP contribution >= 0.6 is 37.2 Å². The lowest BCUT2D eigenvalue weighted by molar-refractivity contribution is 0.0974. The minimum Gasteiger partial charge on any atom is -0.308 e. The van der Waals surface area contributed by atoms with Crippen molar-refractivity contribution in [2.24, 2.45) is 5.92 Å². The molecule has 0 unspecified atom stereocenters. The number of likely N-dealkylation sites (N-methyl/N-ethyl adjacent to an activating group) is 1. The fraction of sp³-hybridized carbons (Fsp3) is 0.581. The van der Waals surface area contributed by atoms with Gasteiger partial charge in [-0.25, -0.2) is 0 Å². The van der Waals surface area contributed by atoms with Gasteiger partial charge in [0, 0.05) is 44.7 Å². The first kappa shape index (κ1) is 34.9. The predicted octanol–water partition coefficient (Wildman–Crippen LogP) is 6.49. The van der Waals surface area contributed by atoms with Crippen LogP contribution in [0.3, 0.4) is 0 Å². The van der Waals surface area contributed by atoms with E-state index in [4.69, 9.17) is 0 Å². The van der Waals surface area contributed by atoms with Gasteiger partial charge in [0.25, 0.3) is 0 Å². The average Bonchev–Trinajstić information content (AvgIpc) is 3.07. The summed E-state index contributed by atoms with van der Waals surface area (Å²) in [6.45, 7) is 10.1. The van der Waals surface area contributed by atoms with Crippen molar-refractivity contribution < 1.29 is 4.79 Å². The maximum absolute atomic E-state index is 13.0. The first-order chi connectivity index (χ1) is 17.0. The van der Waals surface area contributed by atoms with Gasteiger partial charge in [-0.05, 0) is 107 Å². The van der Waals surface area contributed by atoms with Crippen LogP contribution in [-0.2, 0) is 19.4 Å². The molecule has 0 spiro atoms. The summed E-state index contributed by atoms with van der Waals surface area (Å²) in [6, 6.07) is 15.3. The molecule has 0 atom stereocenters. The van der Waals surface area contributed by atoms with E-state index in [0.717, 1.165) is 63.5 Å². The van der Waals surface area contributed by atoms with Crippen LogP contribution in [0.2, 0.25) is 0 Å². The zero-order chi connectivity index (χ0) is 24.6. The van der Waals surface area contributed by atoms with Crippen LogP contribution in [0.15, 0.2) is 42.5 Å². The standard InChI is InChI=1S/C31H45N3O.3ClH/c1-25-7-4-5-9-30(25)24-34-17-13-26(14-18-34)8-6-10-31(35)29-12-11-27-15-19-33(22-21-32(2)3)20-16-28(27)23-29;;;/h4-5,7,9,11-12,23,26H,6,8,10,13-22,24H2,1-3H3;3*1H. The summed E-state index contributed by atoms with van der Waals surface area (Å²) in [6.07, 6.45) is 7.60. The number of hydrogen-bond donors (Lipinski definition) is 0. The summed E-state index contributed by atoms with van der Waals surface area (Å²) in [5.41, 5.74) is 6.61. The molecule has 1 fully saturated rings. The Morgan fingerprint density at radius 3 is 2.26 bits per heavy atom. The molecular weight excluding hydrogens is 537 g/mol. The van der Waals surface area contributed by atoms with Crippen molar-refractivity contribution in [1.29, 1.82) is 0 Å². The molecule has 7 heteroatoms. The number of nitrogens with zero attached hydrogens (tertiary/aromatic N) is 3. The van der Waals surface area contributed by atoms with Gasteiger partial charge in [0.05, 0.1) is 0 Å². The lowest BCUT2D eigenvalue weighted by atomic mass is 9.90. The number of Topliss-reactive ketones (excluding diaryl/α,β-unsaturated/α-hetero) is 1. The van der Waals surface area contributed by atoms with Crippen LogP contribution in [0.5, 0.6) is 0 Å².